The highest BCUT2D eigenvalue weighted by molar-refractivity contribution is 7.88. The Bertz CT molecular complexity index is 566. The number of esters is 1. The van der Waals surface area contributed by atoms with E-state index < -0.39 is 16.0 Å². The molecule has 0 amide bonds. The summed E-state index contributed by atoms with van der Waals surface area (Å²) in [6, 6.07) is 6.31. The van der Waals surface area contributed by atoms with Crippen LogP contribution in [-0.2, 0) is 25.2 Å². The normalized spacial score (nSPS) is 11.6. The molecule has 0 fully saturated rings. The standard InChI is InChI=1S/C15H23NO5S/c1-12(2)21-10-4-9-16-22(18,19)11-13-5-7-14(8-6-13)15(17)20-3/h5-8,12,16H,4,9-11H2,1-3H3. The molecule has 1 aromatic rings. The van der Waals surface area contributed by atoms with E-state index in [-0.39, 0.29) is 11.9 Å². The number of rotatable bonds is 9. The van der Waals surface area contributed by atoms with Gasteiger partial charge in [-0.1, -0.05) is 12.1 Å². The number of carbonyl (C=O) groups is 1. The summed E-state index contributed by atoms with van der Waals surface area (Å²) in [7, 11) is -2.10. The predicted molar refractivity (Wildman–Crippen MR) is 84.1 cm³/mol. The molecule has 1 rings (SSSR count). The molecule has 0 heterocycles. The molecule has 6 nitrogen and oxygen atoms in total. The fraction of sp³-hybridized carbons (Fsp3) is 0.533. The fourth-order valence-electron chi connectivity index (χ4n) is 1.74. The first-order chi connectivity index (χ1) is 10.3. The number of benzene rings is 1. The molecular weight excluding hydrogens is 306 g/mol. The zero-order chi connectivity index (χ0) is 16.6. The third kappa shape index (κ3) is 7.02. The summed E-state index contributed by atoms with van der Waals surface area (Å²) in [6.45, 7) is 4.73. The van der Waals surface area contributed by atoms with Crippen LogP contribution in [0.15, 0.2) is 24.3 Å². The first-order valence-electron chi connectivity index (χ1n) is 7.10. The van der Waals surface area contributed by atoms with Gasteiger partial charge in [-0.05, 0) is 38.0 Å². The molecule has 0 saturated heterocycles. The van der Waals surface area contributed by atoms with Gasteiger partial charge in [-0.25, -0.2) is 17.9 Å². The van der Waals surface area contributed by atoms with Crippen molar-refractivity contribution in [3.8, 4) is 0 Å². The monoisotopic (exact) mass is 329 g/mol. The molecule has 0 unspecified atom stereocenters. The minimum atomic E-state index is -3.40. The first-order valence-corrected chi connectivity index (χ1v) is 8.75. The molecule has 0 radical (unpaired) electrons. The highest BCUT2D eigenvalue weighted by atomic mass is 32.2. The summed E-state index contributed by atoms with van der Waals surface area (Å²) in [4.78, 5) is 11.3. The van der Waals surface area contributed by atoms with Gasteiger partial charge in [-0.3, -0.25) is 0 Å². The maximum Gasteiger partial charge on any atom is 0.337 e. The fourth-order valence-corrected chi connectivity index (χ4v) is 2.93. The van der Waals surface area contributed by atoms with E-state index in [0.717, 1.165) is 0 Å². The van der Waals surface area contributed by atoms with Gasteiger partial charge in [0.1, 0.15) is 0 Å². The van der Waals surface area contributed by atoms with E-state index in [1.165, 1.54) is 7.11 Å². The topological polar surface area (TPSA) is 81.7 Å². The molecule has 0 atom stereocenters. The van der Waals surface area contributed by atoms with E-state index in [0.29, 0.717) is 30.7 Å². The molecule has 1 N–H and O–H groups in total. The molecule has 1 aromatic carbocycles. The second kappa shape index (κ2) is 8.87. The van der Waals surface area contributed by atoms with E-state index in [1.807, 2.05) is 13.8 Å². The molecule has 0 aliphatic rings. The summed E-state index contributed by atoms with van der Waals surface area (Å²) in [6.07, 6.45) is 0.767. The highest BCUT2D eigenvalue weighted by Crippen LogP contribution is 2.08. The van der Waals surface area contributed by atoms with E-state index in [9.17, 15) is 13.2 Å². The Balaban J connectivity index is 2.45. The number of carbonyl (C=O) groups excluding carboxylic acids is 1. The van der Waals surface area contributed by atoms with Crippen molar-refractivity contribution in [3.05, 3.63) is 35.4 Å². The largest absolute Gasteiger partial charge is 0.465 e. The molecule has 0 aliphatic heterocycles. The van der Waals surface area contributed by atoms with Crippen LogP contribution in [0.1, 0.15) is 36.2 Å². The average Bonchev–Trinajstić information content (AvgIpc) is 2.46. The van der Waals surface area contributed by atoms with Gasteiger partial charge in [0, 0.05) is 13.2 Å². The van der Waals surface area contributed by atoms with Crippen molar-refractivity contribution in [3.63, 3.8) is 0 Å². The Hall–Kier alpha value is -1.44. The van der Waals surface area contributed by atoms with Gasteiger partial charge in [0.15, 0.2) is 0 Å². The summed E-state index contributed by atoms with van der Waals surface area (Å²) in [5.74, 6) is -0.572. The lowest BCUT2D eigenvalue weighted by Crippen LogP contribution is -2.27. The van der Waals surface area contributed by atoms with Gasteiger partial charge in [0.2, 0.25) is 10.0 Å². The average molecular weight is 329 g/mol. The number of hydrogen-bond donors (Lipinski definition) is 1. The molecule has 0 aromatic heterocycles. The van der Waals surface area contributed by atoms with Crippen LogP contribution in [0.5, 0.6) is 0 Å². The highest BCUT2D eigenvalue weighted by Gasteiger charge is 2.12. The zero-order valence-corrected chi connectivity index (χ0v) is 14.0. The molecular formula is C15H23NO5S. The lowest BCUT2D eigenvalue weighted by Gasteiger charge is -2.09. The van der Waals surface area contributed by atoms with E-state index in [2.05, 4.69) is 9.46 Å². The number of sulfonamides is 1. The van der Waals surface area contributed by atoms with Gasteiger partial charge in [0.25, 0.3) is 0 Å². The minimum Gasteiger partial charge on any atom is -0.465 e. The lowest BCUT2D eigenvalue weighted by atomic mass is 10.1. The van der Waals surface area contributed by atoms with Crippen LogP contribution in [0, 0.1) is 0 Å². The number of ether oxygens (including phenoxy) is 2. The molecule has 7 heteroatoms. The maximum absolute atomic E-state index is 11.9. The van der Waals surface area contributed by atoms with Gasteiger partial charge in [0.05, 0.1) is 24.5 Å². The zero-order valence-electron chi connectivity index (χ0n) is 13.2. The van der Waals surface area contributed by atoms with Crippen molar-refractivity contribution in [2.45, 2.75) is 32.1 Å². The van der Waals surface area contributed by atoms with Gasteiger partial charge in [-0.2, -0.15) is 0 Å². The van der Waals surface area contributed by atoms with Gasteiger partial charge < -0.3 is 9.47 Å². The van der Waals surface area contributed by atoms with E-state index >= 15 is 0 Å². The van der Waals surface area contributed by atoms with Crippen molar-refractivity contribution in [1.82, 2.24) is 4.72 Å². The molecule has 124 valence electrons. The van der Waals surface area contributed by atoms with Crippen LogP contribution in [0.4, 0.5) is 0 Å². The van der Waals surface area contributed by atoms with Crippen molar-refractivity contribution >= 4 is 16.0 Å². The number of hydrogen-bond acceptors (Lipinski definition) is 5. The minimum absolute atomic E-state index is 0.126. The molecule has 0 aliphatic carbocycles. The Kier molecular flexibility index (Phi) is 7.50. The Morgan fingerprint density at radius 3 is 2.41 bits per heavy atom. The summed E-state index contributed by atoms with van der Waals surface area (Å²) in [5, 5.41) is 0. The molecule has 22 heavy (non-hydrogen) atoms. The van der Waals surface area contributed by atoms with Crippen molar-refractivity contribution in [2.75, 3.05) is 20.3 Å². The quantitative estimate of drug-likeness (QED) is 0.551. The van der Waals surface area contributed by atoms with Crippen LogP contribution in [0.3, 0.4) is 0 Å². The van der Waals surface area contributed by atoms with Crippen molar-refractivity contribution < 1.29 is 22.7 Å². The van der Waals surface area contributed by atoms with E-state index in [1.54, 1.807) is 24.3 Å². The van der Waals surface area contributed by atoms with Crippen molar-refractivity contribution in [1.29, 1.82) is 0 Å². The smallest absolute Gasteiger partial charge is 0.337 e. The predicted octanol–water partition coefficient (Wildman–Crippen LogP) is 1.71. The maximum atomic E-state index is 11.9. The summed E-state index contributed by atoms with van der Waals surface area (Å²) < 4.78 is 36.3. The lowest BCUT2D eigenvalue weighted by molar-refractivity contribution is 0.0600. The first kappa shape index (κ1) is 18.6. The van der Waals surface area contributed by atoms with Gasteiger partial charge in [-0.15, -0.1) is 0 Å². The Labute approximate surface area is 131 Å². The van der Waals surface area contributed by atoms with Crippen LogP contribution in [0.25, 0.3) is 0 Å². The third-order valence-electron chi connectivity index (χ3n) is 2.83. The summed E-state index contributed by atoms with van der Waals surface area (Å²) in [5.41, 5.74) is 1.00. The molecule has 0 bridgehead atoms. The SMILES string of the molecule is COC(=O)c1ccc(CS(=O)(=O)NCCCOC(C)C)cc1. The number of methoxy groups -OCH3 is 1. The second-order valence-corrected chi connectivity index (χ2v) is 6.92. The third-order valence-corrected chi connectivity index (χ3v) is 4.18. The van der Waals surface area contributed by atoms with Crippen LogP contribution >= 0.6 is 0 Å². The summed E-state index contributed by atoms with van der Waals surface area (Å²) >= 11 is 0. The number of nitrogens with one attached hydrogen (secondary N) is 1. The van der Waals surface area contributed by atoms with Crippen LogP contribution in [0.2, 0.25) is 0 Å². The second-order valence-electron chi connectivity index (χ2n) is 5.12. The van der Waals surface area contributed by atoms with Crippen LogP contribution < -0.4 is 4.72 Å². The molecule has 0 spiro atoms. The molecule has 0 saturated carbocycles. The Morgan fingerprint density at radius 2 is 1.86 bits per heavy atom. The van der Waals surface area contributed by atoms with Gasteiger partial charge >= 0.3 is 5.97 Å². The van der Waals surface area contributed by atoms with Crippen molar-refractivity contribution in [2.24, 2.45) is 0 Å². The van der Waals surface area contributed by atoms with Crippen LogP contribution in [-0.4, -0.2) is 40.8 Å². The van der Waals surface area contributed by atoms with E-state index in [4.69, 9.17) is 4.74 Å². The Morgan fingerprint density at radius 1 is 1.23 bits per heavy atom.